The lowest BCUT2D eigenvalue weighted by Crippen LogP contribution is -2.30. The molecule has 120 valence electrons. The minimum absolute atomic E-state index is 0.0282. The first kappa shape index (κ1) is 16.3. The summed E-state index contributed by atoms with van der Waals surface area (Å²) >= 11 is 0. The summed E-state index contributed by atoms with van der Waals surface area (Å²) in [5.74, 6) is 0.634. The Bertz CT molecular complexity index is 515. The van der Waals surface area contributed by atoms with Gasteiger partial charge in [-0.3, -0.25) is 9.59 Å². The molecule has 3 N–H and O–H groups in total. The smallest absolute Gasteiger partial charge is 0.257 e. The van der Waals surface area contributed by atoms with Crippen LogP contribution in [-0.4, -0.2) is 38.6 Å². The molecule has 0 unspecified atom stereocenters. The highest BCUT2D eigenvalue weighted by atomic mass is 16.5. The van der Waals surface area contributed by atoms with Crippen molar-refractivity contribution in [2.24, 2.45) is 5.92 Å². The molecule has 0 bridgehead atoms. The van der Waals surface area contributed by atoms with Crippen molar-refractivity contribution in [1.82, 2.24) is 10.6 Å². The van der Waals surface area contributed by atoms with Gasteiger partial charge in [-0.1, -0.05) is 6.07 Å². The Labute approximate surface area is 130 Å². The standard InChI is InChI=1S/C16H23N3O3/c1-17-8-3-9-18-15(20)11-22-14-5-2-4-13(10-14)19-16(21)12-6-7-12/h2,4-5,10,12,17H,3,6-9,11H2,1H3,(H,18,20)(H,19,21). The molecule has 0 spiro atoms. The Morgan fingerprint density at radius 1 is 1.27 bits per heavy atom. The molecule has 0 aliphatic heterocycles. The summed E-state index contributed by atoms with van der Waals surface area (Å²) < 4.78 is 5.44. The van der Waals surface area contributed by atoms with Crippen LogP contribution >= 0.6 is 0 Å². The van der Waals surface area contributed by atoms with Crippen LogP contribution in [0, 0.1) is 5.92 Å². The fourth-order valence-corrected chi connectivity index (χ4v) is 1.95. The normalized spacial score (nSPS) is 13.5. The Morgan fingerprint density at radius 3 is 2.82 bits per heavy atom. The Morgan fingerprint density at radius 2 is 2.09 bits per heavy atom. The first-order chi connectivity index (χ1) is 10.7. The third-order valence-electron chi connectivity index (χ3n) is 3.35. The predicted octanol–water partition coefficient (Wildman–Crippen LogP) is 1.14. The lowest BCUT2D eigenvalue weighted by Gasteiger charge is -2.09. The van der Waals surface area contributed by atoms with Gasteiger partial charge >= 0.3 is 0 Å². The van der Waals surface area contributed by atoms with Crippen LogP contribution in [0.4, 0.5) is 5.69 Å². The number of amides is 2. The molecule has 6 heteroatoms. The topological polar surface area (TPSA) is 79.5 Å². The number of hydrogen-bond acceptors (Lipinski definition) is 4. The van der Waals surface area contributed by atoms with Gasteiger partial charge in [0.1, 0.15) is 5.75 Å². The third-order valence-corrected chi connectivity index (χ3v) is 3.35. The Hall–Kier alpha value is -2.08. The molecule has 1 saturated carbocycles. The lowest BCUT2D eigenvalue weighted by molar-refractivity contribution is -0.123. The van der Waals surface area contributed by atoms with E-state index in [4.69, 9.17) is 4.74 Å². The largest absolute Gasteiger partial charge is 0.484 e. The van der Waals surface area contributed by atoms with E-state index in [-0.39, 0.29) is 24.3 Å². The van der Waals surface area contributed by atoms with E-state index in [1.807, 2.05) is 13.1 Å². The van der Waals surface area contributed by atoms with Gasteiger partial charge in [0.2, 0.25) is 5.91 Å². The van der Waals surface area contributed by atoms with Crippen molar-refractivity contribution >= 4 is 17.5 Å². The van der Waals surface area contributed by atoms with E-state index < -0.39 is 0 Å². The van der Waals surface area contributed by atoms with Crippen LogP contribution in [0.3, 0.4) is 0 Å². The zero-order chi connectivity index (χ0) is 15.8. The summed E-state index contributed by atoms with van der Waals surface area (Å²) in [6.07, 6.45) is 2.82. The maximum absolute atomic E-state index is 11.7. The molecule has 0 radical (unpaired) electrons. The summed E-state index contributed by atoms with van der Waals surface area (Å²) in [6, 6.07) is 7.10. The third kappa shape index (κ3) is 5.73. The predicted molar refractivity (Wildman–Crippen MR) is 84.8 cm³/mol. The molecular formula is C16H23N3O3. The molecule has 0 atom stereocenters. The Balaban J connectivity index is 1.72. The van der Waals surface area contributed by atoms with Crippen molar-refractivity contribution in [3.05, 3.63) is 24.3 Å². The second-order valence-electron chi connectivity index (χ2n) is 5.39. The minimum atomic E-state index is -0.150. The average molecular weight is 305 g/mol. The molecule has 6 nitrogen and oxygen atoms in total. The molecule has 1 aromatic rings. The van der Waals surface area contributed by atoms with Crippen LogP contribution in [0.1, 0.15) is 19.3 Å². The molecule has 1 aliphatic carbocycles. The first-order valence-electron chi connectivity index (χ1n) is 7.64. The van der Waals surface area contributed by atoms with Crippen molar-refractivity contribution < 1.29 is 14.3 Å². The van der Waals surface area contributed by atoms with Gasteiger partial charge < -0.3 is 20.7 Å². The van der Waals surface area contributed by atoms with Crippen LogP contribution in [0.15, 0.2) is 24.3 Å². The zero-order valence-electron chi connectivity index (χ0n) is 12.9. The highest BCUT2D eigenvalue weighted by molar-refractivity contribution is 5.94. The zero-order valence-corrected chi connectivity index (χ0v) is 12.9. The van der Waals surface area contributed by atoms with Crippen LogP contribution in [0.25, 0.3) is 0 Å². The summed E-state index contributed by atoms with van der Waals surface area (Å²) in [5, 5.41) is 8.65. The summed E-state index contributed by atoms with van der Waals surface area (Å²) in [5.41, 5.74) is 0.698. The highest BCUT2D eigenvalue weighted by Gasteiger charge is 2.29. The number of nitrogens with one attached hydrogen (secondary N) is 3. The van der Waals surface area contributed by atoms with E-state index in [0.717, 1.165) is 25.8 Å². The van der Waals surface area contributed by atoms with Crippen molar-refractivity contribution in [2.75, 3.05) is 32.1 Å². The van der Waals surface area contributed by atoms with Crippen molar-refractivity contribution in [1.29, 1.82) is 0 Å². The SMILES string of the molecule is CNCCCNC(=O)COc1cccc(NC(=O)C2CC2)c1. The molecule has 1 fully saturated rings. The number of anilines is 1. The number of ether oxygens (including phenoxy) is 1. The van der Waals surface area contributed by atoms with E-state index in [0.29, 0.717) is 18.0 Å². The quantitative estimate of drug-likeness (QED) is 0.598. The number of carbonyl (C=O) groups excluding carboxylic acids is 2. The molecule has 1 aromatic carbocycles. The molecule has 2 amide bonds. The van der Waals surface area contributed by atoms with E-state index in [2.05, 4.69) is 16.0 Å². The van der Waals surface area contributed by atoms with Gasteiger partial charge in [0.15, 0.2) is 6.61 Å². The second kappa shape index (κ2) is 8.38. The van der Waals surface area contributed by atoms with Crippen molar-refractivity contribution in [2.45, 2.75) is 19.3 Å². The van der Waals surface area contributed by atoms with Crippen molar-refractivity contribution in [3.8, 4) is 5.75 Å². The molecule has 22 heavy (non-hydrogen) atoms. The summed E-state index contributed by atoms with van der Waals surface area (Å²) in [6.45, 7) is 1.46. The van der Waals surface area contributed by atoms with E-state index >= 15 is 0 Å². The van der Waals surface area contributed by atoms with Gasteiger partial charge in [0.05, 0.1) is 0 Å². The average Bonchev–Trinajstić information content (AvgIpc) is 3.35. The fourth-order valence-electron chi connectivity index (χ4n) is 1.95. The van der Waals surface area contributed by atoms with Crippen molar-refractivity contribution in [3.63, 3.8) is 0 Å². The van der Waals surface area contributed by atoms with Gasteiger partial charge in [-0.25, -0.2) is 0 Å². The maximum atomic E-state index is 11.7. The molecule has 1 aliphatic rings. The van der Waals surface area contributed by atoms with Gasteiger partial charge in [0, 0.05) is 24.2 Å². The first-order valence-corrected chi connectivity index (χ1v) is 7.64. The monoisotopic (exact) mass is 305 g/mol. The van der Waals surface area contributed by atoms with Gasteiger partial charge in [-0.05, 0) is 45.0 Å². The van der Waals surface area contributed by atoms with Crippen LogP contribution in [-0.2, 0) is 9.59 Å². The number of carbonyl (C=O) groups is 2. The molecule has 0 saturated heterocycles. The minimum Gasteiger partial charge on any atom is -0.484 e. The fraction of sp³-hybridized carbons (Fsp3) is 0.500. The summed E-state index contributed by atoms with van der Waals surface area (Å²) in [7, 11) is 1.87. The van der Waals surface area contributed by atoms with E-state index in [1.165, 1.54) is 0 Å². The lowest BCUT2D eigenvalue weighted by atomic mass is 10.3. The number of hydrogen-bond donors (Lipinski definition) is 3. The van der Waals surface area contributed by atoms with Gasteiger partial charge in [-0.2, -0.15) is 0 Å². The van der Waals surface area contributed by atoms with E-state index in [9.17, 15) is 9.59 Å². The highest BCUT2D eigenvalue weighted by Crippen LogP contribution is 2.30. The molecule has 2 rings (SSSR count). The van der Waals surface area contributed by atoms with Crippen LogP contribution in [0.5, 0.6) is 5.75 Å². The molecule has 0 aromatic heterocycles. The van der Waals surface area contributed by atoms with Crippen LogP contribution < -0.4 is 20.7 Å². The molecular weight excluding hydrogens is 282 g/mol. The second-order valence-corrected chi connectivity index (χ2v) is 5.39. The maximum Gasteiger partial charge on any atom is 0.257 e. The number of rotatable bonds is 9. The van der Waals surface area contributed by atoms with Gasteiger partial charge in [-0.15, -0.1) is 0 Å². The van der Waals surface area contributed by atoms with E-state index in [1.54, 1.807) is 18.2 Å². The molecule has 0 heterocycles. The van der Waals surface area contributed by atoms with Gasteiger partial charge in [0.25, 0.3) is 5.91 Å². The van der Waals surface area contributed by atoms with Crippen LogP contribution in [0.2, 0.25) is 0 Å². The summed E-state index contributed by atoms with van der Waals surface area (Å²) in [4.78, 5) is 23.3. The number of benzene rings is 1. The Kier molecular flexibility index (Phi) is 6.21.